The van der Waals surface area contributed by atoms with Gasteiger partial charge in [0.25, 0.3) is 0 Å². The molecular weight excluding hydrogens is 438 g/mol. The maximum atomic E-state index is 13.6. The van der Waals surface area contributed by atoms with Gasteiger partial charge in [-0.15, -0.1) is 0 Å². The van der Waals surface area contributed by atoms with Crippen LogP contribution in [0.25, 0.3) is 0 Å². The average molecular weight is 454 g/mol. The zero-order valence-corrected chi connectivity index (χ0v) is 16.3. The highest BCUT2D eigenvalue weighted by Crippen LogP contribution is 2.42. The van der Waals surface area contributed by atoms with Crippen LogP contribution in [-0.2, 0) is 6.18 Å². The molecule has 2 aromatic rings. The number of anilines is 1. The van der Waals surface area contributed by atoms with Crippen LogP contribution in [-0.4, -0.2) is 24.9 Å². The van der Waals surface area contributed by atoms with Crippen molar-refractivity contribution in [1.82, 2.24) is 5.32 Å². The van der Waals surface area contributed by atoms with Gasteiger partial charge in [-0.3, -0.25) is 5.32 Å². The van der Waals surface area contributed by atoms with E-state index in [-0.39, 0.29) is 35.6 Å². The fourth-order valence-electron chi connectivity index (χ4n) is 3.71. The molecule has 1 saturated heterocycles. The number of halogens is 6. The molecule has 2 aromatic carbocycles. The van der Waals surface area contributed by atoms with Crippen LogP contribution in [0, 0.1) is 22.7 Å². The summed E-state index contributed by atoms with van der Waals surface area (Å²) in [5.74, 6) is -1.13. The minimum atomic E-state index is -4.88. The lowest BCUT2D eigenvalue weighted by Gasteiger charge is -2.23. The second kappa shape index (κ2) is 8.60. The number of nitrogens with two attached hydrogens (primary N) is 1. The van der Waals surface area contributed by atoms with Crippen molar-refractivity contribution < 1.29 is 31.1 Å². The van der Waals surface area contributed by atoms with Crippen LogP contribution in [0.5, 0.6) is 5.75 Å². The van der Waals surface area contributed by atoms with Gasteiger partial charge in [-0.1, -0.05) is 6.07 Å². The molecule has 32 heavy (non-hydrogen) atoms. The standard InChI is InChI=1S/C21H16F6N4O/c22-20(23,24)16-6-12(2-3-13(16)9-29)15-7-14(31-19(15)21(25,26)27)10-32-18-4-1-11(8-28)5-17(18)30/h1-6,14-15,19,31H,7,10,30H2/t14-,15?,19+/m0/s1. The lowest BCUT2D eigenvalue weighted by Crippen LogP contribution is -2.44. The molecule has 0 aromatic heterocycles. The first kappa shape index (κ1) is 23.2. The van der Waals surface area contributed by atoms with E-state index in [9.17, 15) is 26.3 Å². The molecule has 0 bridgehead atoms. The van der Waals surface area contributed by atoms with E-state index in [4.69, 9.17) is 21.0 Å². The SMILES string of the molecule is N#Cc1ccc(OC[C@@H]2CC(c3ccc(C#N)c(C(F)(F)F)c3)[C@H](C(F)(F)F)N2)c(N)c1. The first-order chi connectivity index (χ1) is 14.9. The quantitative estimate of drug-likeness (QED) is 0.525. The van der Waals surface area contributed by atoms with E-state index < -0.39 is 41.5 Å². The van der Waals surface area contributed by atoms with E-state index in [1.807, 2.05) is 6.07 Å². The van der Waals surface area contributed by atoms with E-state index >= 15 is 0 Å². The molecule has 3 N–H and O–H groups in total. The minimum absolute atomic E-state index is 0.132. The van der Waals surface area contributed by atoms with Gasteiger partial charge in [0.2, 0.25) is 0 Å². The Bertz CT molecular complexity index is 1080. The first-order valence-corrected chi connectivity index (χ1v) is 9.30. The van der Waals surface area contributed by atoms with Gasteiger partial charge in [0, 0.05) is 12.0 Å². The number of rotatable bonds is 4. The molecule has 1 fully saturated rings. The summed E-state index contributed by atoms with van der Waals surface area (Å²) in [4.78, 5) is 0. The zero-order valence-electron chi connectivity index (χ0n) is 16.3. The van der Waals surface area contributed by atoms with Gasteiger partial charge in [-0.05, 0) is 42.3 Å². The maximum absolute atomic E-state index is 13.6. The third-order valence-corrected chi connectivity index (χ3v) is 5.19. The van der Waals surface area contributed by atoms with Crippen LogP contribution >= 0.6 is 0 Å². The molecule has 1 aliphatic heterocycles. The van der Waals surface area contributed by atoms with Gasteiger partial charge < -0.3 is 10.5 Å². The molecule has 1 heterocycles. The Morgan fingerprint density at radius 1 is 1.03 bits per heavy atom. The van der Waals surface area contributed by atoms with Gasteiger partial charge in [0.05, 0.1) is 34.5 Å². The van der Waals surface area contributed by atoms with E-state index in [0.717, 1.165) is 12.1 Å². The normalized spacial score (nSPS) is 21.1. The average Bonchev–Trinajstić information content (AvgIpc) is 3.16. The summed E-state index contributed by atoms with van der Waals surface area (Å²) in [6.45, 7) is -0.221. The van der Waals surface area contributed by atoms with Crippen molar-refractivity contribution in [3.63, 3.8) is 0 Å². The number of nitrogen functional groups attached to an aromatic ring is 1. The zero-order chi connectivity index (χ0) is 23.7. The molecular formula is C21H16F6N4O. The monoisotopic (exact) mass is 454 g/mol. The minimum Gasteiger partial charge on any atom is -0.490 e. The highest BCUT2D eigenvalue weighted by Gasteiger charge is 2.51. The summed E-state index contributed by atoms with van der Waals surface area (Å²) < 4.78 is 86.2. The summed E-state index contributed by atoms with van der Waals surface area (Å²) in [5.41, 5.74) is 4.08. The van der Waals surface area contributed by atoms with Crippen molar-refractivity contribution in [3.8, 4) is 17.9 Å². The van der Waals surface area contributed by atoms with Gasteiger partial charge >= 0.3 is 12.4 Å². The Labute approximate surface area is 179 Å². The van der Waals surface area contributed by atoms with Crippen molar-refractivity contribution in [2.45, 2.75) is 36.8 Å². The first-order valence-electron chi connectivity index (χ1n) is 9.30. The predicted molar refractivity (Wildman–Crippen MR) is 101 cm³/mol. The predicted octanol–water partition coefficient (Wildman–Crippen LogP) is 4.49. The van der Waals surface area contributed by atoms with Crippen molar-refractivity contribution in [3.05, 3.63) is 58.7 Å². The summed E-state index contributed by atoms with van der Waals surface area (Å²) in [5, 5.41) is 20.1. The van der Waals surface area contributed by atoms with Crippen LogP contribution in [0.3, 0.4) is 0 Å². The van der Waals surface area contributed by atoms with Crippen LogP contribution < -0.4 is 15.8 Å². The van der Waals surface area contributed by atoms with E-state index in [1.54, 1.807) is 0 Å². The molecule has 0 radical (unpaired) electrons. The van der Waals surface area contributed by atoms with Gasteiger partial charge in [-0.2, -0.15) is 36.9 Å². The van der Waals surface area contributed by atoms with Gasteiger partial charge in [0.1, 0.15) is 18.4 Å². The number of nitrogens with zero attached hydrogens (tertiary/aromatic N) is 2. The lowest BCUT2D eigenvalue weighted by atomic mass is 9.88. The molecule has 11 heteroatoms. The van der Waals surface area contributed by atoms with Crippen molar-refractivity contribution in [2.24, 2.45) is 0 Å². The largest absolute Gasteiger partial charge is 0.490 e. The molecule has 0 saturated carbocycles. The smallest absolute Gasteiger partial charge is 0.417 e. The van der Waals surface area contributed by atoms with Crippen molar-refractivity contribution in [1.29, 1.82) is 10.5 Å². The third kappa shape index (κ3) is 4.89. The molecule has 5 nitrogen and oxygen atoms in total. The highest BCUT2D eigenvalue weighted by molar-refractivity contribution is 5.56. The number of hydrogen-bond donors (Lipinski definition) is 2. The number of benzene rings is 2. The van der Waals surface area contributed by atoms with E-state index in [0.29, 0.717) is 6.07 Å². The van der Waals surface area contributed by atoms with Crippen molar-refractivity contribution >= 4 is 5.69 Å². The molecule has 0 spiro atoms. The molecule has 168 valence electrons. The van der Waals surface area contributed by atoms with Crippen LogP contribution in [0.4, 0.5) is 32.0 Å². The Kier molecular flexibility index (Phi) is 6.24. The van der Waals surface area contributed by atoms with E-state index in [2.05, 4.69) is 5.32 Å². The maximum Gasteiger partial charge on any atom is 0.417 e. The molecule has 0 amide bonds. The molecule has 3 rings (SSSR count). The van der Waals surface area contributed by atoms with Crippen LogP contribution in [0.15, 0.2) is 36.4 Å². The fourth-order valence-corrected chi connectivity index (χ4v) is 3.71. The number of alkyl halides is 6. The van der Waals surface area contributed by atoms with Crippen LogP contribution in [0.2, 0.25) is 0 Å². The summed E-state index contributed by atoms with van der Waals surface area (Å²) >= 11 is 0. The highest BCUT2D eigenvalue weighted by atomic mass is 19.4. The number of nitrogens with one attached hydrogen (secondary N) is 1. The number of nitriles is 2. The van der Waals surface area contributed by atoms with Crippen molar-refractivity contribution in [2.75, 3.05) is 12.3 Å². The molecule has 0 aliphatic carbocycles. The summed E-state index contributed by atoms with van der Waals surface area (Å²) in [6.07, 6.45) is -9.75. The fraction of sp³-hybridized carbons (Fsp3) is 0.333. The van der Waals surface area contributed by atoms with E-state index in [1.165, 1.54) is 24.3 Å². The number of hydrogen-bond acceptors (Lipinski definition) is 5. The topological polar surface area (TPSA) is 94.9 Å². The Morgan fingerprint density at radius 2 is 1.75 bits per heavy atom. The molecule has 3 atom stereocenters. The molecule has 1 unspecified atom stereocenters. The Balaban J connectivity index is 1.84. The molecule has 1 aliphatic rings. The van der Waals surface area contributed by atoms with Gasteiger partial charge in [-0.25, -0.2) is 0 Å². The van der Waals surface area contributed by atoms with Crippen LogP contribution in [0.1, 0.15) is 34.6 Å². The number of ether oxygens (including phenoxy) is 1. The lowest BCUT2D eigenvalue weighted by molar-refractivity contribution is -0.156. The second-order valence-corrected chi connectivity index (χ2v) is 7.32. The Hall–Kier alpha value is -3.44. The van der Waals surface area contributed by atoms with Gasteiger partial charge in [0.15, 0.2) is 0 Å². The summed E-state index contributed by atoms with van der Waals surface area (Å²) in [7, 11) is 0. The Morgan fingerprint density at radius 3 is 2.31 bits per heavy atom. The summed E-state index contributed by atoms with van der Waals surface area (Å²) in [6, 6.07) is 7.18. The second-order valence-electron chi connectivity index (χ2n) is 7.32. The third-order valence-electron chi connectivity index (χ3n) is 5.19.